The molecule has 2 aromatic rings. The van der Waals surface area contributed by atoms with Crippen LogP contribution in [0.1, 0.15) is 29.4 Å². The lowest BCUT2D eigenvalue weighted by Crippen LogP contribution is -2.14. The zero-order chi connectivity index (χ0) is 14.5. The number of anilines is 2. The third-order valence-corrected chi connectivity index (χ3v) is 3.10. The van der Waals surface area contributed by atoms with Crippen molar-refractivity contribution in [2.75, 3.05) is 11.1 Å². The second kappa shape index (κ2) is 6.47. The monoisotopic (exact) mass is 334 g/mol. The number of rotatable bonds is 4. The smallest absolute Gasteiger partial charge is 0.257 e. The quantitative estimate of drug-likeness (QED) is 0.900. The second-order valence-electron chi connectivity index (χ2n) is 4.34. The van der Waals surface area contributed by atoms with Gasteiger partial charge in [-0.25, -0.2) is 9.97 Å². The van der Waals surface area contributed by atoms with Crippen molar-refractivity contribution in [1.29, 1.82) is 0 Å². The molecule has 0 radical (unpaired) electrons. The van der Waals surface area contributed by atoms with Crippen LogP contribution in [0.5, 0.6) is 0 Å². The van der Waals surface area contributed by atoms with Gasteiger partial charge in [0, 0.05) is 21.9 Å². The molecule has 0 spiro atoms. The number of hydrogen-bond acceptors (Lipinski definition) is 4. The van der Waals surface area contributed by atoms with E-state index in [1.54, 1.807) is 24.4 Å². The van der Waals surface area contributed by atoms with Gasteiger partial charge in [-0.05, 0) is 46.6 Å². The summed E-state index contributed by atoms with van der Waals surface area (Å²) in [5, 5.41) is 2.73. The van der Waals surface area contributed by atoms with E-state index in [1.165, 1.54) is 0 Å². The fourth-order valence-electron chi connectivity index (χ4n) is 1.76. The Morgan fingerprint density at radius 1 is 1.40 bits per heavy atom. The minimum atomic E-state index is -0.244. The first-order chi connectivity index (χ1) is 9.58. The minimum absolute atomic E-state index is 0.244. The molecule has 2 heterocycles. The summed E-state index contributed by atoms with van der Waals surface area (Å²) in [5.41, 5.74) is 7.04. The molecule has 0 fully saturated rings. The van der Waals surface area contributed by atoms with Gasteiger partial charge in [-0.15, -0.1) is 0 Å². The van der Waals surface area contributed by atoms with Gasteiger partial charge in [-0.3, -0.25) is 4.79 Å². The molecule has 2 aromatic heterocycles. The fourth-order valence-corrected chi connectivity index (χ4v) is 2.00. The van der Waals surface area contributed by atoms with Crippen LogP contribution in [0.15, 0.2) is 34.9 Å². The fraction of sp³-hybridized carbons (Fsp3) is 0.214. The second-order valence-corrected chi connectivity index (χ2v) is 5.25. The molecule has 104 valence electrons. The van der Waals surface area contributed by atoms with Crippen molar-refractivity contribution < 1.29 is 4.79 Å². The Morgan fingerprint density at radius 2 is 2.20 bits per heavy atom. The lowest BCUT2D eigenvalue weighted by molar-refractivity contribution is 0.102. The summed E-state index contributed by atoms with van der Waals surface area (Å²) in [6.07, 6.45) is 3.37. The molecule has 0 aliphatic carbocycles. The number of aryl methyl sites for hydroxylation is 1. The lowest BCUT2D eigenvalue weighted by atomic mass is 10.1. The van der Waals surface area contributed by atoms with Gasteiger partial charge in [-0.2, -0.15) is 0 Å². The molecule has 0 bridgehead atoms. The molecule has 0 aliphatic rings. The summed E-state index contributed by atoms with van der Waals surface area (Å²) in [4.78, 5) is 20.5. The summed E-state index contributed by atoms with van der Waals surface area (Å²) in [5.74, 6) is 0.599. The van der Waals surface area contributed by atoms with Crippen LogP contribution in [0.3, 0.4) is 0 Å². The number of halogens is 1. The third kappa shape index (κ3) is 3.77. The zero-order valence-electron chi connectivity index (χ0n) is 11.1. The first kappa shape index (κ1) is 14.5. The Balaban J connectivity index is 2.18. The number of nitrogens with two attached hydrogens (primary N) is 1. The highest BCUT2D eigenvalue weighted by Gasteiger charge is 2.09. The molecule has 3 N–H and O–H groups in total. The van der Waals surface area contributed by atoms with E-state index in [-0.39, 0.29) is 5.91 Å². The molecule has 20 heavy (non-hydrogen) atoms. The maximum Gasteiger partial charge on any atom is 0.257 e. The SMILES string of the molecule is CCCc1cc(C(=O)Nc2ccc(Br)cn2)cc(N)n1. The molecule has 0 aliphatic heterocycles. The predicted octanol–water partition coefficient (Wildman–Crippen LogP) is 3.03. The standard InChI is InChI=1S/C14H15BrN4O/c1-2-3-11-6-9(7-12(16)18-11)14(20)19-13-5-4-10(15)8-17-13/h4-8H,2-3H2,1H3,(H2,16,18)(H,17,19,20). The highest BCUT2D eigenvalue weighted by atomic mass is 79.9. The normalized spacial score (nSPS) is 10.3. The van der Waals surface area contributed by atoms with Crippen molar-refractivity contribution in [2.24, 2.45) is 0 Å². The molecule has 0 unspecified atom stereocenters. The molecular weight excluding hydrogens is 320 g/mol. The maximum atomic E-state index is 12.2. The number of aromatic nitrogens is 2. The van der Waals surface area contributed by atoms with E-state index < -0.39 is 0 Å². The number of nitrogens with one attached hydrogen (secondary N) is 1. The Bertz CT molecular complexity index is 613. The summed E-state index contributed by atoms with van der Waals surface area (Å²) in [6, 6.07) is 6.85. The number of carbonyl (C=O) groups excluding carboxylic acids is 1. The predicted molar refractivity (Wildman–Crippen MR) is 82.5 cm³/mol. The molecule has 0 aromatic carbocycles. The van der Waals surface area contributed by atoms with E-state index in [1.807, 2.05) is 6.07 Å². The van der Waals surface area contributed by atoms with Gasteiger partial charge in [0.25, 0.3) is 5.91 Å². The highest BCUT2D eigenvalue weighted by Crippen LogP contribution is 2.14. The molecule has 2 rings (SSSR count). The summed E-state index contributed by atoms with van der Waals surface area (Å²) < 4.78 is 0.855. The van der Waals surface area contributed by atoms with Crippen LogP contribution < -0.4 is 11.1 Å². The molecule has 5 nitrogen and oxygen atoms in total. The third-order valence-electron chi connectivity index (χ3n) is 2.64. The van der Waals surface area contributed by atoms with E-state index in [0.29, 0.717) is 17.2 Å². The Labute approximate surface area is 125 Å². The van der Waals surface area contributed by atoms with E-state index in [9.17, 15) is 4.79 Å². The van der Waals surface area contributed by atoms with Crippen molar-refractivity contribution in [3.05, 3.63) is 46.2 Å². The number of carbonyl (C=O) groups is 1. The van der Waals surface area contributed by atoms with Crippen LogP contribution >= 0.6 is 15.9 Å². The highest BCUT2D eigenvalue weighted by molar-refractivity contribution is 9.10. The molecule has 0 saturated carbocycles. The van der Waals surface area contributed by atoms with Crippen molar-refractivity contribution in [1.82, 2.24) is 9.97 Å². The molecule has 6 heteroatoms. The van der Waals surface area contributed by atoms with E-state index in [0.717, 1.165) is 23.0 Å². The van der Waals surface area contributed by atoms with Crippen molar-refractivity contribution in [3.8, 4) is 0 Å². The van der Waals surface area contributed by atoms with E-state index in [2.05, 4.69) is 38.1 Å². The lowest BCUT2D eigenvalue weighted by Gasteiger charge is -2.07. The van der Waals surface area contributed by atoms with Crippen molar-refractivity contribution >= 4 is 33.5 Å². The van der Waals surface area contributed by atoms with Crippen LogP contribution in [0, 0.1) is 0 Å². The largest absolute Gasteiger partial charge is 0.384 e. The van der Waals surface area contributed by atoms with Crippen LogP contribution in [0.25, 0.3) is 0 Å². The number of nitrogens with zero attached hydrogens (tertiary/aromatic N) is 2. The van der Waals surface area contributed by atoms with Crippen LogP contribution in [0.4, 0.5) is 11.6 Å². The van der Waals surface area contributed by atoms with Crippen LogP contribution in [-0.2, 0) is 6.42 Å². The van der Waals surface area contributed by atoms with Crippen LogP contribution in [0.2, 0.25) is 0 Å². The molecule has 1 amide bonds. The van der Waals surface area contributed by atoms with Gasteiger partial charge in [-0.1, -0.05) is 13.3 Å². The van der Waals surface area contributed by atoms with Crippen molar-refractivity contribution in [3.63, 3.8) is 0 Å². The summed E-state index contributed by atoms with van der Waals surface area (Å²) in [6.45, 7) is 2.05. The van der Waals surface area contributed by atoms with Crippen LogP contribution in [-0.4, -0.2) is 15.9 Å². The first-order valence-electron chi connectivity index (χ1n) is 6.28. The maximum absolute atomic E-state index is 12.2. The topological polar surface area (TPSA) is 80.9 Å². The minimum Gasteiger partial charge on any atom is -0.384 e. The Hall–Kier alpha value is -1.95. The van der Waals surface area contributed by atoms with Gasteiger partial charge in [0.05, 0.1) is 0 Å². The number of nitrogen functional groups attached to an aromatic ring is 1. The Morgan fingerprint density at radius 3 is 2.85 bits per heavy atom. The number of amides is 1. The summed E-state index contributed by atoms with van der Waals surface area (Å²) >= 11 is 3.29. The summed E-state index contributed by atoms with van der Waals surface area (Å²) in [7, 11) is 0. The van der Waals surface area contributed by atoms with Gasteiger partial charge in [0.15, 0.2) is 0 Å². The number of pyridine rings is 2. The molecular formula is C14H15BrN4O. The average molecular weight is 335 g/mol. The van der Waals surface area contributed by atoms with Gasteiger partial charge in [0.2, 0.25) is 0 Å². The average Bonchev–Trinajstić information content (AvgIpc) is 2.41. The van der Waals surface area contributed by atoms with Gasteiger partial charge in [0.1, 0.15) is 11.6 Å². The number of hydrogen-bond donors (Lipinski definition) is 2. The zero-order valence-corrected chi connectivity index (χ0v) is 12.6. The Kier molecular flexibility index (Phi) is 4.68. The first-order valence-corrected chi connectivity index (χ1v) is 7.07. The van der Waals surface area contributed by atoms with E-state index >= 15 is 0 Å². The van der Waals surface area contributed by atoms with Gasteiger partial charge < -0.3 is 11.1 Å². The molecule has 0 saturated heterocycles. The van der Waals surface area contributed by atoms with Crippen molar-refractivity contribution in [2.45, 2.75) is 19.8 Å². The molecule has 0 atom stereocenters. The van der Waals surface area contributed by atoms with Gasteiger partial charge >= 0.3 is 0 Å². The van der Waals surface area contributed by atoms with E-state index in [4.69, 9.17) is 5.73 Å².